The zero-order valence-corrected chi connectivity index (χ0v) is 9.46. The zero-order valence-electron chi connectivity index (χ0n) is 3.15. The zero-order chi connectivity index (χ0) is 4.83. The van der Waals surface area contributed by atoms with Crippen molar-refractivity contribution in [3.8, 4) is 0 Å². The predicted octanol–water partition coefficient (Wildman–Crippen LogP) is 3.03. The minimum atomic E-state index is 1.12. The second-order valence-corrected chi connectivity index (χ2v) is 14.5. The molecule has 0 saturated heterocycles. The molecule has 0 radical (unpaired) electrons. The van der Waals surface area contributed by atoms with Gasteiger partial charge < -0.3 is 0 Å². The summed E-state index contributed by atoms with van der Waals surface area (Å²) < 4.78 is 0. The van der Waals surface area contributed by atoms with Gasteiger partial charge in [0.15, 0.2) is 0 Å². The van der Waals surface area contributed by atoms with Gasteiger partial charge in [0.2, 0.25) is 0 Å². The van der Waals surface area contributed by atoms with Crippen molar-refractivity contribution in [2.45, 2.75) is 0 Å². The van der Waals surface area contributed by atoms with Gasteiger partial charge in [-0.2, -0.15) is 0 Å². The Morgan fingerprint density at radius 2 is 1.17 bits per heavy atom. The molecule has 0 spiro atoms. The normalized spacial score (nSPS) is 17.0. The maximum Gasteiger partial charge on any atom is -0.0683 e. The van der Waals surface area contributed by atoms with E-state index in [1.807, 2.05) is 0 Å². The molecule has 0 aliphatic rings. The molecule has 6 heteroatoms. The minimum absolute atomic E-state index is 1.12. The highest BCUT2D eigenvalue weighted by molar-refractivity contribution is 8.72. The lowest BCUT2D eigenvalue weighted by Crippen LogP contribution is -0.940. The van der Waals surface area contributed by atoms with Gasteiger partial charge >= 0.3 is 0 Å². The smallest absolute Gasteiger partial charge is 0.0683 e. The van der Waals surface area contributed by atoms with E-state index >= 15 is 0 Å². The van der Waals surface area contributed by atoms with Gasteiger partial charge in [0, 0.05) is 0 Å². The Hall–Kier alpha value is 2.58. The Labute approximate surface area is 50.2 Å². The Kier molecular flexibility index (Phi) is 10.8. The summed E-state index contributed by atoms with van der Waals surface area (Å²) in [6.45, 7) is 0. The van der Waals surface area contributed by atoms with E-state index < -0.39 is 0 Å². The molecule has 0 rings (SSSR count). The summed E-state index contributed by atoms with van der Waals surface area (Å²) in [5, 5.41) is 0. The highest BCUT2D eigenvalue weighted by atomic mass is 32.8. The van der Waals surface area contributed by atoms with Crippen LogP contribution in [-0.4, -0.2) is 0 Å². The highest BCUT2D eigenvalue weighted by Gasteiger charge is 1.73. The largest absolute Gasteiger partial charge is 0.110 e. The van der Waals surface area contributed by atoms with E-state index in [2.05, 4.69) is 17.9 Å². The summed E-state index contributed by atoms with van der Waals surface area (Å²) in [6, 6.07) is 0. The molecule has 6 unspecified atom stereocenters. The Balaban J connectivity index is 2.34. The first-order valence-electron chi connectivity index (χ1n) is 1.33. The van der Waals surface area contributed by atoms with Crippen molar-refractivity contribution < 1.29 is 0 Å². The van der Waals surface area contributed by atoms with Crippen LogP contribution in [0.1, 0.15) is 0 Å². The van der Waals surface area contributed by atoms with Gasteiger partial charge in [-0.3, -0.25) is 0 Å². The van der Waals surface area contributed by atoms with E-state index in [0.29, 0.717) is 0 Å². The van der Waals surface area contributed by atoms with Crippen LogP contribution in [0.25, 0.3) is 0 Å². The molecule has 0 amide bonds. The maximum atomic E-state index is 2.77. The Morgan fingerprint density at radius 1 is 0.833 bits per heavy atom. The van der Waals surface area contributed by atoms with Crippen molar-refractivity contribution in [3.05, 3.63) is 0 Å². The van der Waals surface area contributed by atoms with Gasteiger partial charge in [0.05, 0.1) is 0 Å². The SMILES string of the molecule is PPPPPP. The van der Waals surface area contributed by atoms with Crippen molar-refractivity contribution in [1.82, 2.24) is 0 Å². The van der Waals surface area contributed by atoms with Crippen molar-refractivity contribution >= 4 is 49.7 Å². The highest BCUT2D eigenvalue weighted by Crippen LogP contribution is 2.67. The van der Waals surface area contributed by atoms with E-state index in [-0.39, 0.29) is 0 Å². The molecule has 38 valence electrons. The van der Waals surface area contributed by atoms with Crippen molar-refractivity contribution in [2.75, 3.05) is 0 Å². The van der Waals surface area contributed by atoms with Crippen LogP contribution in [0, 0.1) is 0 Å². The molecule has 0 bridgehead atoms. The average Bonchev–Trinajstić information content (AvgIpc) is 1.61. The molecule has 0 aliphatic heterocycles. The summed E-state index contributed by atoms with van der Waals surface area (Å²) in [4.78, 5) is 0. The third-order valence-corrected chi connectivity index (χ3v) is 16.8. The van der Waals surface area contributed by atoms with Gasteiger partial charge in [-0.05, 0) is 0 Å². The van der Waals surface area contributed by atoms with Gasteiger partial charge in [-0.25, -0.2) is 0 Å². The molecule has 0 fully saturated rings. The fourth-order valence-electron chi connectivity index (χ4n) is 0.0722. The van der Waals surface area contributed by atoms with Gasteiger partial charge in [0.25, 0.3) is 0 Å². The molecule has 0 saturated carbocycles. The van der Waals surface area contributed by atoms with Crippen LogP contribution in [0.3, 0.4) is 0 Å². The number of hydrogen-bond acceptors (Lipinski definition) is 0. The summed E-state index contributed by atoms with van der Waals surface area (Å²) >= 11 is 0. The summed E-state index contributed by atoms with van der Waals surface area (Å²) in [5.41, 5.74) is 0. The van der Waals surface area contributed by atoms with Gasteiger partial charge in [-0.1, -0.05) is 31.8 Å². The maximum absolute atomic E-state index is 2.77. The third kappa shape index (κ3) is 6.58. The average molecular weight is 194 g/mol. The molecule has 0 N–H and O–H groups in total. The first kappa shape index (κ1) is 8.58. The fourth-order valence-corrected chi connectivity index (χ4v) is 17.5. The topological polar surface area (TPSA) is 0 Å². The molecule has 0 aromatic carbocycles. The lowest BCUT2D eigenvalue weighted by atomic mass is 29.2. The van der Waals surface area contributed by atoms with Gasteiger partial charge in [0.1, 0.15) is 0 Å². The summed E-state index contributed by atoms with van der Waals surface area (Å²) in [5.74, 6) is 0. The van der Waals surface area contributed by atoms with Crippen LogP contribution in [0.5, 0.6) is 0 Å². The molecular formula is H8P6. The van der Waals surface area contributed by atoms with Crippen LogP contribution in [0.15, 0.2) is 0 Å². The third-order valence-electron chi connectivity index (χ3n) is 0.207. The first-order chi connectivity index (χ1) is 2.91. The van der Waals surface area contributed by atoms with Crippen molar-refractivity contribution in [1.29, 1.82) is 0 Å². The Morgan fingerprint density at radius 3 is 1.33 bits per heavy atom. The van der Waals surface area contributed by atoms with E-state index in [0.717, 1.165) is 15.9 Å². The van der Waals surface area contributed by atoms with E-state index in [1.54, 1.807) is 0 Å². The van der Waals surface area contributed by atoms with E-state index in [1.165, 1.54) is 15.9 Å². The summed E-state index contributed by atoms with van der Waals surface area (Å²) in [7, 11) is 10.2. The monoisotopic (exact) mass is 194 g/mol. The molecular weight excluding hydrogens is 186 g/mol. The molecule has 0 heterocycles. The molecule has 6 atom stereocenters. The molecule has 6 heavy (non-hydrogen) atoms. The van der Waals surface area contributed by atoms with Crippen LogP contribution in [0.2, 0.25) is 0 Å². The minimum Gasteiger partial charge on any atom is -0.110 e. The van der Waals surface area contributed by atoms with Crippen molar-refractivity contribution in [2.24, 2.45) is 0 Å². The second kappa shape index (κ2) is 7.58. The fraction of sp³-hybridized carbons (Fsp3) is 0. The summed E-state index contributed by atoms with van der Waals surface area (Å²) in [6.07, 6.45) is 0. The van der Waals surface area contributed by atoms with E-state index in [9.17, 15) is 0 Å². The second-order valence-electron chi connectivity index (χ2n) is 0.539. The predicted molar refractivity (Wildman–Crippen MR) is 52.7 cm³/mol. The van der Waals surface area contributed by atoms with E-state index in [4.69, 9.17) is 0 Å². The van der Waals surface area contributed by atoms with Gasteiger partial charge in [-0.15, -0.1) is 17.9 Å². The van der Waals surface area contributed by atoms with Crippen LogP contribution in [0.4, 0.5) is 0 Å². The van der Waals surface area contributed by atoms with Crippen LogP contribution >= 0.6 is 49.7 Å². The lowest BCUT2D eigenvalue weighted by molar-refractivity contribution is 5.12. The first-order valence-corrected chi connectivity index (χ1v) is 11.9. The molecule has 0 aliphatic carbocycles. The standard InChI is InChI=1S/H8P6/c1-3-5-6-4-2/h3-6H,1-2H2. The lowest BCUT2D eigenvalue weighted by Gasteiger charge is -1.88. The van der Waals surface area contributed by atoms with Crippen LogP contribution < -0.4 is 0 Å². The number of hydrogen-bond donors (Lipinski definition) is 0. The molecule has 0 nitrogen and oxygen atoms in total. The molecule has 0 aromatic rings. The Bertz CT molecular complexity index is 12.0. The quantitative estimate of drug-likeness (QED) is 0.478. The number of rotatable bonds is 3. The van der Waals surface area contributed by atoms with Crippen LogP contribution in [-0.2, 0) is 0 Å². The molecule has 0 aromatic heterocycles. The van der Waals surface area contributed by atoms with Crippen molar-refractivity contribution in [3.63, 3.8) is 0 Å².